The number of rotatable bonds is 12. The summed E-state index contributed by atoms with van der Waals surface area (Å²) in [6.45, 7) is 3.70. The lowest BCUT2D eigenvalue weighted by atomic mass is 10.1. The summed E-state index contributed by atoms with van der Waals surface area (Å²) in [5.74, 6) is 0.910. The Hall–Kier alpha value is -2.49. The Bertz CT molecular complexity index is 673. The molecule has 0 heterocycles. The zero-order valence-electron chi connectivity index (χ0n) is 16.6. The number of nitrogens with zero attached hydrogens (tertiary/aromatic N) is 1. The van der Waals surface area contributed by atoms with E-state index in [1.54, 1.807) is 0 Å². The lowest BCUT2D eigenvalue weighted by Gasteiger charge is -2.20. The number of unbranched alkanes of at least 4 members (excludes halogenated alkanes) is 3. The van der Waals surface area contributed by atoms with Crippen LogP contribution < -0.4 is 15.0 Å². The van der Waals surface area contributed by atoms with Gasteiger partial charge in [0, 0.05) is 38.8 Å². The molecule has 4 heteroatoms. The Morgan fingerprint density at radius 2 is 1.78 bits per heavy atom. The number of carbonyl (C=O) groups is 1. The van der Waals surface area contributed by atoms with Gasteiger partial charge in [0.2, 0.25) is 5.91 Å². The standard InChI is InChI=1S/C23H32N2O2/c1-20(26)24-16-17-25(2)22-14-10-15-23(19-22)27-18-9-4-3-6-11-21-12-7-5-8-13-21/h5,7-8,10,12-15,19H,3-4,6,9,11,16-18H2,1-2H3,(H,24,26). The Kier molecular flexibility index (Phi) is 9.25. The molecule has 0 atom stereocenters. The van der Waals surface area contributed by atoms with Gasteiger partial charge in [-0.15, -0.1) is 0 Å². The molecule has 0 radical (unpaired) electrons. The zero-order chi connectivity index (χ0) is 19.3. The first-order chi connectivity index (χ1) is 13.1. The molecule has 146 valence electrons. The van der Waals surface area contributed by atoms with Gasteiger partial charge in [-0.3, -0.25) is 4.79 Å². The molecule has 0 bridgehead atoms. The molecule has 2 aromatic rings. The summed E-state index contributed by atoms with van der Waals surface area (Å²) in [5.41, 5.74) is 2.52. The van der Waals surface area contributed by atoms with Crippen LogP contribution >= 0.6 is 0 Å². The molecule has 0 aliphatic heterocycles. The molecule has 0 saturated heterocycles. The van der Waals surface area contributed by atoms with E-state index in [2.05, 4.69) is 52.7 Å². The van der Waals surface area contributed by atoms with E-state index in [9.17, 15) is 4.79 Å². The molecule has 2 aromatic carbocycles. The molecule has 0 spiro atoms. The fourth-order valence-corrected chi connectivity index (χ4v) is 2.96. The number of hydrogen-bond donors (Lipinski definition) is 1. The molecule has 0 aliphatic carbocycles. The van der Waals surface area contributed by atoms with Crippen molar-refractivity contribution in [3.63, 3.8) is 0 Å². The predicted molar refractivity (Wildman–Crippen MR) is 113 cm³/mol. The van der Waals surface area contributed by atoms with E-state index in [-0.39, 0.29) is 5.91 Å². The highest BCUT2D eigenvalue weighted by Gasteiger charge is 2.03. The maximum atomic E-state index is 11.0. The monoisotopic (exact) mass is 368 g/mol. The minimum atomic E-state index is 0.00394. The van der Waals surface area contributed by atoms with Crippen molar-refractivity contribution in [2.75, 3.05) is 31.6 Å². The van der Waals surface area contributed by atoms with Crippen molar-refractivity contribution in [1.82, 2.24) is 5.32 Å². The zero-order valence-corrected chi connectivity index (χ0v) is 16.6. The molecule has 4 nitrogen and oxygen atoms in total. The van der Waals surface area contributed by atoms with Crippen molar-refractivity contribution >= 4 is 11.6 Å². The van der Waals surface area contributed by atoms with Crippen molar-refractivity contribution < 1.29 is 9.53 Å². The fraction of sp³-hybridized carbons (Fsp3) is 0.435. The minimum Gasteiger partial charge on any atom is -0.494 e. The Labute approximate surface area is 163 Å². The van der Waals surface area contributed by atoms with Gasteiger partial charge in [0.15, 0.2) is 0 Å². The van der Waals surface area contributed by atoms with Gasteiger partial charge in [0.1, 0.15) is 5.75 Å². The molecule has 0 aromatic heterocycles. The van der Waals surface area contributed by atoms with Gasteiger partial charge in [0.25, 0.3) is 0 Å². The van der Waals surface area contributed by atoms with Crippen molar-refractivity contribution in [1.29, 1.82) is 0 Å². The quantitative estimate of drug-likeness (QED) is 0.563. The molecule has 2 rings (SSSR count). The van der Waals surface area contributed by atoms with Gasteiger partial charge in [-0.2, -0.15) is 0 Å². The third-order valence-electron chi connectivity index (χ3n) is 4.55. The molecule has 0 saturated carbocycles. The molecule has 0 aliphatic rings. The number of hydrogen-bond acceptors (Lipinski definition) is 3. The summed E-state index contributed by atoms with van der Waals surface area (Å²) < 4.78 is 5.91. The Morgan fingerprint density at radius 1 is 1.00 bits per heavy atom. The Morgan fingerprint density at radius 3 is 2.56 bits per heavy atom. The molecular formula is C23H32N2O2. The third kappa shape index (κ3) is 8.63. The van der Waals surface area contributed by atoms with Crippen LogP contribution in [0.25, 0.3) is 0 Å². The average Bonchev–Trinajstić information content (AvgIpc) is 2.68. The van der Waals surface area contributed by atoms with Gasteiger partial charge >= 0.3 is 0 Å². The summed E-state index contributed by atoms with van der Waals surface area (Å²) in [6.07, 6.45) is 5.91. The Balaban J connectivity index is 1.60. The minimum absolute atomic E-state index is 0.00394. The molecule has 1 amide bonds. The highest BCUT2D eigenvalue weighted by atomic mass is 16.5. The largest absolute Gasteiger partial charge is 0.494 e. The summed E-state index contributed by atoms with van der Waals surface area (Å²) in [4.78, 5) is 13.1. The second kappa shape index (κ2) is 12.0. The van der Waals surface area contributed by atoms with Crippen molar-refractivity contribution in [3.05, 3.63) is 60.2 Å². The molecule has 1 N–H and O–H groups in total. The number of anilines is 1. The van der Waals surface area contributed by atoms with Crippen LogP contribution in [0.2, 0.25) is 0 Å². The number of nitrogens with one attached hydrogen (secondary N) is 1. The number of ether oxygens (including phenoxy) is 1. The van der Waals surface area contributed by atoms with E-state index >= 15 is 0 Å². The highest BCUT2D eigenvalue weighted by Crippen LogP contribution is 2.20. The first-order valence-electron chi connectivity index (χ1n) is 9.87. The van der Waals surface area contributed by atoms with Gasteiger partial charge in [-0.25, -0.2) is 0 Å². The topological polar surface area (TPSA) is 41.6 Å². The summed E-state index contributed by atoms with van der Waals surface area (Å²) >= 11 is 0. The number of benzene rings is 2. The molecule has 0 fully saturated rings. The van der Waals surface area contributed by atoms with Crippen LogP contribution in [-0.2, 0) is 11.2 Å². The lowest BCUT2D eigenvalue weighted by molar-refractivity contribution is -0.118. The second-order valence-corrected chi connectivity index (χ2v) is 6.90. The summed E-state index contributed by atoms with van der Waals surface area (Å²) in [5, 5.41) is 2.82. The van der Waals surface area contributed by atoms with Gasteiger partial charge in [-0.05, 0) is 37.0 Å². The van der Waals surface area contributed by atoms with Crippen LogP contribution in [0.3, 0.4) is 0 Å². The normalized spacial score (nSPS) is 10.4. The van der Waals surface area contributed by atoms with Crippen LogP contribution in [0.1, 0.15) is 38.2 Å². The van der Waals surface area contributed by atoms with E-state index in [0.717, 1.165) is 37.4 Å². The van der Waals surface area contributed by atoms with Gasteiger partial charge in [0.05, 0.1) is 6.61 Å². The lowest BCUT2D eigenvalue weighted by Crippen LogP contribution is -2.31. The van der Waals surface area contributed by atoms with Gasteiger partial charge < -0.3 is 15.0 Å². The first-order valence-corrected chi connectivity index (χ1v) is 9.87. The van der Waals surface area contributed by atoms with Gasteiger partial charge in [-0.1, -0.05) is 49.2 Å². The van der Waals surface area contributed by atoms with Crippen molar-refractivity contribution in [2.45, 2.75) is 39.0 Å². The first kappa shape index (κ1) is 20.8. The predicted octanol–water partition coefficient (Wildman–Crippen LogP) is 4.44. The molecular weight excluding hydrogens is 336 g/mol. The van der Waals surface area contributed by atoms with E-state index in [1.807, 2.05) is 19.2 Å². The maximum absolute atomic E-state index is 11.0. The third-order valence-corrected chi connectivity index (χ3v) is 4.55. The molecule has 0 unspecified atom stereocenters. The van der Waals surface area contributed by atoms with Crippen molar-refractivity contribution in [3.8, 4) is 5.75 Å². The van der Waals surface area contributed by atoms with Crippen LogP contribution in [0.15, 0.2) is 54.6 Å². The number of carbonyl (C=O) groups excluding carboxylic acids is 1. The van der Waals surface area contributed by atoms with E-state index < -0.39 is 0 Å². The van der Waals surface area contributed by atoms with E-state index in [4.69, 9.17) is 4.74 Å². The number of aryl methyl sites for hydroxylation is 1. The van der Waals surface area contributed by atoms with Crippen LogP contribution in [0, 0.1) is 0 Å². The van der Waals surface area contributed by atoms with Crippen molar-refractivity contribution in [2.24, 2.45) is 0 Å². The fourth-order valence-electron chi connectivity index (χ4n) is 2.96. The number of amides is 1. The van der Waals surface area contributed by atoms with Crippen LogP contribution in [-0.4, -0.2) is 32.7 Å². The van der Waals surface area contributed by atoms with E-state index in [1.165, 1.54) is 31.7 Å². The SMILES string of the molecule is CC(=O)NCCN(C)c1cccc(OCCCCCCc2ccccc2)c1. The summed E-state index contributed by atoms with van der Waals surface area (Å²) in [7, 11) is 2.02. The average molecular weight is 369 g/mol. The molecule has 27 heavy (non-hydrogen) atoms. The second-order valence-electron chi connectivity index (χ2n) is 6.90. The highest BCUT2D eigenvalue weighted by molar-refractivity contribution is 5.72. The van der Waals surface area contributed by atoms with Crippen LogP contribution in [0.4, 0.5) is 5.69 Å². The maximum Gasteiger partial charge on any atom is 0.216 e. The van der Waals surface area contributed by atoms with E-state index in [0.29, 0.717) is 6.54 Å². The number of likely N-dealkylation sites (N-methyl/N-ethyl adjacent to an activating group) is 1. The van der Waals surface area contributed by atoms with Crippen LogP contribution in [0.5, 0.6) is 5.75 Å². The summed E-state index contributed by atoms with van der Waals surface area (Å²) in [6, 6.07) is 18.8. The smallest absolute Gasteiger partial charge is 0.216 e.